The Morgan fingerprint density at radius 2 is 2.00 bits per heavy atom. The van der Waals surface area contributed by atoms with Gasteiger partial charge in [-0.05, 0) is 18.9 Å². The fourth-order valence-electron chi connectivity index (χ4n) is 3.00. The van der Waals surface area contributed by atoms with E-state index in [0.717, 1.165) is 41.7 Å². The molecule has 1 saturated heterocycles. The van der Waals surface area contributed by atoms with Crippen LogP contribution < -0.4 is 4.90 Å². The van der Waals surface area contributed by atoms with Crippen molar-refractivity contribution in [3.8, 4) is 0 Å². The SMILES string of the molecule is CC(C)(C)c1cn2nc(N3CCC(n4cccn4)CC3)sc2n1. The quantitative estimate of drug-likeness (QED) is 0.724. The fraction of sp³-hybridized carbons (Fsp3) is 0.562. The molecule has 0 aromatic carbocycles. The van der Waals surface area contributed by atoms with Crippen molar-refractivity contribution in [2.75, 3.05) is 18.0 Å². The van der Waals surface area contributed by atoms with Gasteiger partial charge in [0.2, 0.25) is 10.1 Å². The molecule has 0 radical (unpaired) electrons. The highest BCUT2D eigenvalue weighted by Crippen LogP contribution is 2.30. The summed E-state index contributed by atoms with van der Waals surface area (Å²) in [5.41, 5.74) is 1.16. The lowest BCUT2D eigenvalue weighted by Crippen LogP contribution is -2.34. The molecule has 0 spiro atoms. The van der Waals surface area contributed by atoms with E-state index in [1.54, 1.807) is 11.3 Å². The number of piperidine rings is 1. The maximum atomic E-state index is 4.73. The molecule has 23 heavy (non-hydrogen) atoms. The standard InChI is InChI=1S/C16H22N6S/c1-16(2,3)13-11-22-14(18-13)23-15(19-22)20-9-5-12(6-10-20)21-8-4-7-17-21/h4,7-8,11-12H,5-6,9-10H2,1-3H3. The first-order valence-electron chi connectivity index (χ1n) is 8.11. The van der Waals surface area contributed by atoms with E-state index in [-0.39, 0.29) is 5.41 Å². The fourth-order valence-corrected chi connectivity index (χ4v) is 3.93. The van der Waals surface area contributed by atoms with E-state index in [9.17, 15) is 0 Å². The van der Waals surface area contributed by atoms with Crippen LogP contribution in [0.4, 0.5) is 5.13 Å². The van der Waals surface area contributed by atoms with Gasteiger partial charge in [-0.2, -0.15) is 5.10 Å². The zero-order valence-corrected chi connectivity index (χ0v) is 14.6. The molecule has 4 heterocycles. The third-order valence-electron chi connectivity index (χ3n) is 4.43. The third kappa shape index (κ3) is 2.73. The lowest BCUT2D eigenvalue weighted by Gasteiger charge is -2.31. The molecule has 0 N–H and O–H groups in total. The maximum absolute atomic E-state index is 4.73. The molecule has 0 unspecified atom stereocenters. The molecule has 0 saturated carbocycles. The van der Waals surface area contributed by atoms with Crippen molar-refractivity contribution in [3.63, 3.8) is 0 Å². The summed E-state index contributed by atoms with van der Waals surface area (Å²) in [6, 6.07) is 2.51. The molecule has 0 bridgehead atoms. The van der Waals surface area contributed by atoms with Crippen molar-refractivity contribution in [1.82, 2.24) is 24.4 Å². The maximum Gasteiger partial charge on any atom is 0.214 e. The summed E-state index contributed by atoms with van der Waals surface area (Å²) in [6.07, 6.45) is 8.19. The van der Waals surface area contributed by atoms with Crippen LogP contribution in [-0.4, -0.2) is 37.5 Å². The smallest absolute Gasteiger partial charge is 0.214 e. The van der Waals surface area contributed by atoms with E-state index >= 15 is 0 Å². The Kier molecular flexibility index (Phi) is 3.41. The molecule has 7 heteroatoms. The summed E-state index contributed by atoms with van der Waals surface area (Å²) in [5.74, 6) is 0. The van der Waals surface area contributed by atoms with Crippen LogP contribution in [-0.2, 0) is 5.41 Å². The van der Waals surface area contributed by atoms with Crippen molar-refractivity contribution in [2.24, 2.45) is 0 Å². The number of rotatable bonds is 2. The van der Waals surface area contributed by atoms with Crippen molar-refractivity contribution >= 4 is 21.4 Å². The lowest BCUT2D eigenvalue weighted by molar-refractivity contribution is 0.366. The number of hydrogen-bond donors (Lipinski definition) is 0. The van der Waals surface area contributed by atoms with Crippen molar-refractivity contribution in [1.29, 1.82) is 0 Å². The Hall–Kier alpha value is -1.89. The summed E-state index contributed by atoms with van der Waals surface area (Å²) in [5, 5.41) is 10.2. The Morgan fingerprint density at radius 1 is 1.22 bits per heavy atom. The summed E-state index contributed by atoms with van der Waals surface area (Å²) < 4.78 is 4.02. The first-order valence-corrected chi connectivity index (χ1v) is 8.93. The lowest BCUT2D eigenvalue weighted by atomic mass is 9.93. The largest absolute Gasteiger partial charge is 0.347 e. The minimum atomic E-state index is 0.0652. The molecule has 122 valence electrons. The van der Waals surface area contributed by atoms with Gasteiger partial charge < -0.3 is 4.90 Å². The van der Waals surface area contributed by atoms with Gasteiger partial charge in [-0.25, -0.2) is 9.50 Å². The number of nitrogens with zero attached hydrogens (tertiary/aromatic N) is 6. The van der Waals surface area contributed by atoms with Crippen molar-refractivity contribution in [3.05, 3.63) is 30.4 Å². The Bertz CT molecular complexity index is 755. The minimum absolute atomic E-state index is 0.0652. The molecular formula is C16H22N6S. The van der Waals surface area contributed by atoms with Crippen LogP contribution in [0.1, 0.15) is 45.3 Å². The van der Waals surface area contributed by atoms with Gasteiger partial charge in [0.15, 0.2) is 0 Å². The highest BCUT2D eigenvalue weighted by molar-refractivity contribution is 7.20. The number of anilines is 1. The van der Waals surface area contributed by atoms with Crippen LogP contribution in [0.3, 0.4) is 0 Å². The second kappa shape index (κ2) is 5.33. The van der Waals surface area contributed by atoms with Crippen LogP contribution >= 0.6 is 11.3 Å². The van der Waals surface area contributed by atoms with Gasteiger partial charge >= 0.3 is 0 Å². The second-order valence-corrected chi connectivity index (χ2v) is 8.13. The van der Waals surface area contributed by atoms with Crippen molar-refractivity contribution in [2.45, 2.75) is 45.1 Å². The van der Waals surface area contributed by atoms with E-state index < -0.39 is 0 Å². The molecule has 6 nitrogen and oxygen atoms in total. The molecule has 1 aliphatic heterocycles. The normalized spacial score (nSPS) is 17.3. The van der Waals surface area contributed by atoms with Gasteiger partial charge in [-0.1, -0.05) is 32.1 Å². The van der Waals surface area contributed by atoms with Gasteiger partial charge in [0.25, 0.3) is 0 Å². The van der Waals surface area contributed by atoms with Gasteiger partial charge in [0, 0.05) is 30.9 Å². The number of imidazole rings is 1. The predicted octanol–water partition coefficient (Wildman–Crippen LogP) is 3.13. The third-order valence-corrected chi connectivity index (χ3v) is 5.42. The average Bonchev–Trinajstić information content (AvgIpc) is 3.22. The van der Waals surface area contributed by atoms with E-state index in [4.69, 9.17) is 10.1 Å². The van der Waals surface area contributed by atoms with Gasteiger partial charge in [-0.15, -0.1) is 5.10 Å². The minimum Gasteiger partial charge on any atom is -0.347 e. The second-order valence-electron chi connectivity index (χ2n) is 7.19. The Morgan fingerprint density at radius 3 is 2.61 bits per heavy atom. The van der Waals surface area contributed by atoms with Crippen LogP contribution in [0, 0.1) is 0 Å². The molecule has 0 atom stereocenters. The summed E-state index contributed by atoms with van der Waals surface area (Å²) in [7, 11) is 0. The summed E-state index contributed by atoms with van der Waals surface area (Å²) in [4.78, 5) is 8.09. The average molecular weight is 330 g/mol. The summed E-state index contributed by atoms with van der Waals surface area (Å²) in [6.45, 7) is 8.59. The molecule has 1 aliphatic rings. The van der Waals surface area contributed by atoms with Gasteiger partial charge in [0.05, 0.1) is 17.9 Å². The molecule has 3 aromatic heterocycles. The molecule has 4 rings (SSSR count). The van der Waals surface area contributed by atoms with Crippen LogP contribution in [0.25, 0.3) is 4.96 Å². The summed E-state index contributed by atoms with van der Waals surface area (Å²) >= 11 is 1.68. The molecule has 3 aromatic rings. The monoisotopic (exact) mass is 330 g/mol. The molecule has 1 fully saturated rings. The highest BCUT2D eigenvalue weighted by Gasteiger charge is 2.24. The molecular weight excluding hydrogens is 308 g/mol. The number of fused-ring (bicyclic) bond motifs is 1. The van der Waals surface area contributed by atoms with Gasteiger partial charge in [-0.3, -0.25) is 4.68 Å². The highest BCUT2D eigenvalue weighted by atomic mass is 32.1. The molecule has 0 amide bonds. The van der Waals surface area contributed by atoms with E-state index in [1.807, 2.05) is 16.8 Å². The number of aromatic nitrogens is 5. The zero-order valence-electron chi connectivity index (χ0n) is 13.8. The van der Waals surface area contributed by atoms with E-state index in [0.29, 0.717) is 6.04 Å². The van der Waals surface area contributed by atoms with Crippen LogP contribution in [0.15, 0.2) is 24.7 Å². The number of hydrogen-bond acceptors (Lipinski definition) is 5. The van der Waals surface area contributed by atoms with Crippen molar-refractivity contribution < 1.29 is 0 Å². The zero-order chi connectivity index (χ0) is 16.0. The first-order chi connectivity index (χ1) is 11.0. The van der Waals surface area contributed by atoms with E-state index in [1.165, 1.54) is 0 Å². The Labute approximate surface area is 139 Å². The first kappa shape index (κ1) is 14.7. The molecule has 0 aliphatic carbocycles. The topological polar surface area (TPSA) is 51.2 Å². The van der Waals surface area contributed by atoms with Gasteiger partial charge in [0.1, 0.15) is 0 Å². The predicted molar refractivity (Wildman–Crippen MR) is 92.3 cm³/mol. The van der Waals surface area contributed by atoms with Crippen LogP contribution in [0.5, 0.6) is 0 Å². The van der Waals surface area contributed by atoms with E-state index in [2.05, 4.69) is 47.8 Å². The van der Waals surface area contributed by atoms with Crippen LogP contribution in [0.2, 0.25) is 0 Å². The Balaban J connectivity index is 1.49.